The van der Waals surface area contributed by atoms with Crippen LogP contribution in [0, 0.1) is 0 Å². The zero-order valence-electron chi connectivity index (χ0n) is 13.4. The van der Waals surface area contributed by atoms with Crippen LogP contribution in [0.3, 0.4) is 0 Å². The molecular formula is C18H24N4O. The summed E-state index contributed by atoms with van der Waals surface area (Å²) < 4.78 is 2.07. The highest BCUT2D eigenvalue weighted by Crippen LogP contribution is 2.18. The summed E-state index contributed by atoms with van der Waals surface area (Å²) in [6.07, 6.45) is 8.19. The molecule has 0 bridgehead atoms. The molecule has 23 heavy (non-hydrogen) atoms. The zero-order valence-corrected chi connectivity index (χ0v) is 13.4. The van der Waals surface area contributed by atoms with E-state index in [1.807, 2.05) is 17.4 Å². The summed E-state index contributed by atoms with van der Waals surface area (Å²) in [7, 11) is 0. The molecule has 0 unspecified atom stereocenters. The van der Waals surface area contributed by atoms with Gasteiger partial charge in [0.2, 0.25) is 5.91 Å². The lowest BCUT2D eigenvalue weighted by Crippen LogP contribution is -2.37. The molecule has 1 aliphatic heterocycles. The zero-order chi connectivity index (χ0) is 15.9. The van der Waals surface area contributed by atoms with Crippen LogP contribution >= 0.6 is 0 Å². The first-order valence-corrected chi connectivity index (χ1v) is 8.34. The highest BCUT2D eigenvalue weighted by atomic mass is 16.2. The number of carbonyl (C=O) groups is 1. The van der Waals surface area contributed by atoms with Crippen LogP contribution in [0.4, 0.5) is 0 Å². The van der Waals surface area contributed by atoms with E-state index in [0.29, 0.717) is 6.42 Å². The van der Waals surface area contributed by atoms with Crippen LogP contribution in [-0.2, 0) is 24.3 Å². The first-order valence-electron chi connectivity index (χ1n) is 8.34. The van der Waals surface area contributed by atoms with Crippen LogP contribution in [0.5, 0.6) is 0 Å². The van der Waals surface area contributed by atoms with Crippen molar-refractivity contribution in [1.29, 1.82) is 0 Å². The van der Waals surface area contributed by atoms with Crippen LogP contribution in [0.1, 0.15) is 24.0 Å². The van der Waals surface area contributed by atoms with Crippen LogP contribution in [0.2, 0.25) is 0 Å². The molecule has 2 heterocycles. The SMILES string of the molecule is O=C(CCNCCCn1ccnc1)N1CCc2ccccc2C1. The largest absolute Gasteiger partial charge is 0.338 e. The number of nitrogens with zero attached hydrogens (tertiary/aromatic N) is 3. The molecule has 1 N–H and O–H groups in total. The van der Waals surface area contributed by atoms with E-state index in [1.54, 1.807) is 6.20 Å². The number of amides is 1. The van der Waals surface area contributed by atoms with Crippen molar-refractivity contribution in [1.82, 2.24) is 19.8 Å². The lowest BCUT2D eigenvalue weighted by atomic mass is 10.00. The minimum absolute atomic E-state index is 0.251. The van der Waals surface area contributed by atoms with Crippen molar-refractivity contribution in [3.63, 3.8) is 0 Å². The van der Waals surface area contributed by atoms with E-state index >= 15 is 0 Å². The molecule has 0 atom stereocenters. The lowest BCUT2D eigenvalue weighted by Gasteiger charge is -2.29. The Labute approximate surface area is 137 Å². The summed E-state index contributed by atoms with van der Waals surface area (Å²) in [6.45, 7) is 4.24. The number of hydrogen-bond donors (Lipinski definition) is 1. The van der Waals surface area contributed by atoms with Gasteiger partial charge in [0, 0.05) is 45.0 Å². The second kappa shape index (κ2) is 7.92. The number of nitrogens with one attached hydrogen (secondary N) is 1. The third kappa shape index (κ3) is 4.42. The number of imidazole rings is 1. The molecular weight excluding hydrogens is 288 g/mol. The molecule has 0 saturated carbocycles. The number of aromatic nitrogens is 2. The summed E-state index contributed by atoms with van der Waals surface area (Å²) in [5, 5.41) is 3.36. The smallest absolute Gasteiger partial charge is 0.224 e. The average Bonchev–Trinajstić information content (AvgIpc) is 3.10. The fourth-order valence-corrected chi connectivity index (χ4v) is 2.99. The van der Waals surface area contributed by atoms with Gasteiger partial charge in [-0.25, -0.2) is 4.98 Å². The van der Waals surface area contributed by atoms with Crippen molar-refractivity contribution in [3.8, 4) is 0 Å². The monoisotopic (exact) mass is 312 g/mol. The van der Waals surface area contributed by atoms with Gasteiger partial charge in [-0.15, -0.1) is 0 Å². The molecule has 0 spiro atoms. The Morgan fingerprint density at radius 3 is 2.91 bits per heavy atom. The summed E-state index contributed by atoms with van der Waals surface area (Å²) >= 11 is 0. The van der Waals surface area contributed by atoms with Gasteiger partial charge in [-0.3, -0.25) is 4.79 Å². The number of carbonyl (C=O) groups excluding carboxylic acids is 1. The Bertz CT molecular complexity index is 624. The second-order valence-corrected chi connectivity index (χ2v) is 5.99. The molecule has 0 saturated heterocycles. The van der Waals surface area contributed by atoms with Crippen molar-refractivity contribution in [3.05, 3.63) is 54.1 Å². The van der Waals surface area contributed by atoms with Crippen molar-refractivity contribution >= 4 is 5.91 Å². The van der Waals surface area contributed by atoms with Gasteiger partial charge in [-0.2, -0.15) is 0 Å². The minimum Gasteiger partial charge on any atom is -0.338 e. The van der Waals surface area contributed by atoms with Gasteiger partial charge in [0.1, 0.15) is 0 Å². The van der Waals surface area contributed by atoms with Gasteiger partial charge >= 0.3 is 0 Å². The third-order valence-corrected chi connectivity index (χ3v) is 4.33. The third-order valence-electron chi connectivity index (χ3n) is 4.33. The van der Waals surface area contributed by atoms with Gasteiger partial charge in [0.15, 0.2) is 0 Å². The standard InChI is InChI=1S/C18H24N4O/c23-18(6-9-19-8-3-11-21-13-10-20-15-21)22-12-7-16-4-1-2-5-17(16)14-22/h1-2,4-5,10,13,15,19H,3,6-9,11-12,14H2. The minimum atomic E-state index is 0.251. The molecule has 1 aromatic heterocycles. The van der Waals surface area contributed by atoms with Crippen LogP contribution < -0.4 is 5.32 Å². The molecule has 1 aliphatic rings. The van der Waals surface area contributed by atoms with E-state index < -0.39 is 0 Å². The van der Waals surface area contributed by atoms with E-state index in [1.165, 1.54) is 11.1 Å². The van der Waals surface area contributed by atoms with Crippen LogP contribution in [-0.4, -0.2) is 40.0 Å². The van der Waals surface area contributed by atoms with Crippen LogP contribution in [0.15, 0.2) is 43.0 Å². The lowest BCUT2D eigenvalue weighted by molar-refractivity contribution is -0.132. The summed E-state index contributed by atoms with van der Waals surface area (Å²) in [5.41, 5.74) is 2.68. The molecule has 0 fully saturated rings. The highest BCUT2D eigenvalue weighted by molar-refractivity contribution is 5.76. The van der Waals surface area contributed by atoms with Crippen molar-refractivity contribution in [2.24, 2.45) is 0 Å². The van der Waals surface area contributed by atoms with E-state index in [9.17, 15) is 4.79 Å². The maximum atomic E-state index is 12.3. The van der Waals surface area contributed by atoms with E-state index in [2.05, 4.69) is 39.1 Å². The van der Waals surface area contributed by atoms with Gasteiger partial charge in [0.25, 0.3) is 0 Å². The van der Waals surface area contributed by atoms with Gasteiger partial charge in [-0.1, -0.05) is 24.3 Å². The Morgan fingerprint density at radius 2 is 2.09 bits per heavy atom. The maximum Gasteiger partial charge on any atom is 0.224 e. The molecule has 2 aromatic rings. The molecule has 3 rings (SSSR count). The predicted molar refractivity (Wildman–Crippen MR) is 89.9 cm³/mol. The predicted octanol–water partition coefficient (Wildman–Crippen LogP) is 1.84. The first kappa shape index (κ1) is 15.7. The quantitative estimate of drug-likeness (QED) is 0.794. The van der Waals surface area contributed by atoms with Crippen molar-refractivity contribution < 1.29 is 4.79 Å². The number of rotatable bonds is 7. The van der Waals surface area contributed by atoms with E-state index in [4.69, 9.17) is 0 Å². The fourth-order valence-electron chi connectivity index (χ4n) is 2.99. The number of benzene rings is 1. The molecule has 5 nitrogen and oxygen atoms in total. The molecule has 0 radical (unpaired) electrons. The van der Waals surface area contributed by atoms with Gasteiger partial charge in [0.05, 0.1) is 6.33 Å². The number of fused-ring (bicyclic) bond motifs is 1. The Hall–Kier alpha value is -2.14. The molecule has 0 aliphatic carbocycles. The average molecular weight is 312 g/mol. The Morgan fingerprint density at radius 1 is 1.22 bits per heavy atom. The Balaban J connectivity index is 1.32. The first-order chi connectivity index (χ1) is 11.3. The topological polar surface area (TPSA) is 50.2 Å². The van der Waals surface area contributed by atoms with E-state index in [0.717, 1.165) is 45.6 Å². The molecule has 122 valence electrons. The Kier molecular flexibility index (Phi) is 5.42. The normalized spacial score (nSPS) is 13.8. The maximum absolute atomic E-state index is 12.3. The molecule has 1 aromatic carbocycles. The van der Waals surface area contributed by atoms with E-state index in [-0.39, 0.29) is 5.91 Å². The molecule has 5 heteroatoms. The van der Waals surface area contributed by atoms with Crippen molar-refractivity contribution in [2.45, 2.75) is 32.4 Å². The fraction of sp³-hybridized carbons (Fsp3) is 0.444. The summed E-state index contributed by atoms with van der Waals surface area (Å²) in [5.74, 6) is 0.251. The summed E-state index contributed by atoms with van der Waals surface area (Å²) in [6, 6.07) is 8.42. The van der Waals surface area contributed by atoms with Crippen LogP contribution in [0.25, 0.3) is 0 Å². The summed E-state index contributed by atoms with van der Waals surface area (Å²) in [4.78, 5) is 18.3. The second-order valence-electron chi connectivity index (χ2n) is 5.99. The van der Waals surface area contributed by atoms with Gasteiger partial charge in [-0.05, 0) is 30.5 Å². The van der Waals surface area contributed by atoms with Crippen molar-refractivity contribution in [2.75, 3.05) is 19.6 Å². The highest BCUT2D eigenvalue weighted by Gasteiger charge is 2.19. The molecule has 1 amide bonds. The number of aryl methyl sites for hydroxylation is 1. The van der Waals surface area contributed by atoms with Gasteiger partial charge < -0.3 is 14.8 Å². The number of hydrogen-bond acceptors (Lipinski definition) is 3.